The molecule has 0 aliphatic heterocycles. The Balaban J connectivity index is 2.06. The molecule has 0 spiro atoms. The van der Waals surface area contributed by atoms with Gasteiger partial charge in [-0.3, -0.25) is 4.79 Å². The molecule has 6 heteroatoms. The first kappa shape index (κ1) is 21.0. The molecule has 140 valence electrons. The van der Waals surface area contributed by atoms with Crippen molar-refractivity contribution in [2.24, 2.45) is 0 Å². The maximum absolute atomic E-state index is 11.8. The van der Waals surface area contributed by atoms with Crippen molar-refractivity contribution in [3.8, 4) is 0 Å². The van der Waals surface area contributed by atoms with Gasteiger partial charge in [-0.15, -0.1) is 0 Å². The minimum Gasteiger partial charge on any atom is -0.425 e. The molecule has 0 bridgehead atoms. The quantitative estimate of drug-likeness (QED) is 0.344. The van der Waals surface area contributed by atoms with Gasteiger partial charge in [0, 0.05) is 13.5 Å². The van der Waals surface area contributed by atoms with Crippen LogP contribution in [-0.4, -0.2) is 38.0 Å². The molecule has 0 aliphatic rings. The molecule has 2 N–H and O–H groups in total. The van der Waals surface area contributed by atoms with Crippen LogP contribution in [0.4, 0.5) is 4.79 Å². The highest BCUT2D eigenvalue weighted by atomic mass is 16.7. The van der Waals surface area contributed by atoms with Gasteiger partial charge in [0.2, 0.25) is 6.29 Å². The Morgan fingerprint density at radius 3 is 2.44 bits per heavy atom. The molecule has 1 aromatic carbocycles. The van der Waals surface area contributed by atoms with Crippen molar-refractivity contribution in [1.82, 2.24) is 10.6 Å². The van der Waals surface area contributed by atoms with Gasteiger partial charge in [0.05, 0.1) is 6.42 Å². The number of carbonyl (C=O) groups is 2. The van der Waals surface area contributed by atoms with Crippen LogP contribution in [0.25, 0.3) is 0 Å². The molecule has 6 nitrogen and oxygen atoms in total. The van der Waals surface area contributed by atoms with Crippen molar-refractivity contribution in [3.05, 3.63) is 35.9 Å². The molecule has 0 radical (unpaired) electrons. The molecule has 25 heavy (non-hydrogen) atoms. The lowest BCUT2D eigenvalue weighted by molar-refractivity contribution is -0.163. The standard InChI is InChI=1S/C19H30N2O4/c1-3-12-20-13-8-5-9-14-21-19(23)25-16(2)24-18(22)15-17-10-6-4-7-11-17/h4,6-7,10-11,16,20H,3,5,8-9,12-15H2,1-2H3,(H,21,23). The van der Waals surface area contributed by atoms with Gasteiger partial charge < -0.3 is 20.1 Å². The summed E-state index contributed by atoms with van der Waals surface area (Å²) in [7, 11) is 0. The maximum Gasteiger partial charge on any atom is 0.410 e. The Morgan fingerprint density at radius 2 is 1.72 bits per heavy atom. The molecule has 0 aromatic heterocycles. The van der Waals surface area contributed by atoms with Crippen molar-refractivity contribution >= 4 is 12.1 Å². The summed E-state index contributed by atoms with van der Waals surface area (Å²) in [5.74, 6) is -0.425. The molecule has 0 fully saturated rings. The van der Waals surface area contributed by atoms with Crippen LogP contribution in [0.3, 0.4) is 0 Å². The third kappa shape index (κ3) is 11.2. The Hall–Kier alpha value is -2.08. The van der Waals surface area contributed by atoms with Crippen molar-refractivity contribution in [3.63, 3.8) is 0 Å². The largest absolute Gasteiger partial charge is 0.425 e. The lowest BCUT2D eigenvalue weighted by Gasteiger charge is -2.14. The minimum atomic E-state index is -0.908. The molecule has 0 aliphatic carbocycles. The Morgan fingerprint density at radius 1 is 1.00 bits per heavy atom. The van der Waals surface area contributed by atoms with E-state index >= 15 is 0 Å². The van der Waals surface area contributed by atoms with Gasteiger partial charge in [0.25, 0.3) is 0 Å². The summed E-state index contributed by atoms with van der Waals surface area (Å²) >= 11 is 0. The van der Waals surface area contributed by atoms with Crippen LogP contribution in [0.15, 0.2) is 30.3 Å². The van der Waals surface area contributed by atoms with Crippen LogP contribution in [0, 0.1) is 0 Å². The number of esters is 1. The van der Waals surface area contributed by atoms with Crippen molar-refractivity contribution in [2.75, 3.05) is 19.6 Å². The van der Waals surface area contributed by atoms with Crippen LogP contribution in [0.5, 0.6) is 0 Å². The second-order valence-corrected chi connectivity index (χ2v) is 5.86. The number of ether oxygens (including phenoxy) is 2. The van der Waals surface area contributed by atoms with E-state index in [-0.39, 0.29) is 6.42 Å². The molecule has 1 aromatic rings. The number of unbranched alkanes of at least 4 members (excludes halogenated alkanes) is 2. The number of rotatable bonds is 12. The van der Waals surface area contributed by atoms with E-state index in [9.17, 15) is 9.59 Å². The maximum atomic E-state index is 11.8. The first-order valence-electron chi connectivity index (χ1n) is 9.00. The molecule has 0 heterocycles. The average Bonchev–Trinajstić information content (AvgIpc) is 2.57. The fourth-order valence-corrected chi connectivity index (χ4v) is 2.25. The first-order chi connectivity index (χ1) is 12.1. The van der Waals surface area contributed by atoms with Gasteiger partial charge in [0.15, 0.2) is 0 Å². The normalized spacial score (nSPS) is 11.6. The monoisotopic (exact) mass is 350 g/mol. The SMILES string of the molecule is CCCNCCCCCNC(=O)OC(C)OC(=O)Cc1ccccc1. The predicted octanol–water partition coefficient (Wildman–Crippen LogP) is 3.01. The Labute approximate surface area is 150 Å². The van der Waals surface area contributed by atoms with Crippen molar-refractivity contribution in [1.29, 1.82) is 0 Å². The highest BCUT2D eigenvalue weighted by Gasteiger charge is 2.14. The zero-order chi connectivity index (χ0) is 18.3. The number of carbonyl (C=O) groups excluding carboxylic acids is 2. The van der Waals surface area contributed by atoms with E-state index < -0.39 is 18.4 Å². The van der Waals surface area contributed by atoms with E-state index in [1.807, 2.05) is 30.3 Å². The molecule has 1 unspecified atom stereocenters. The number of nitrogens with one attached hydrogen (secondary N) is 2. The van der Waals surface area contributed by atoms with Crippen LogP contribution in [0.1, 0.15) is 45.1 Å². The zero-order valence-electron chi connectivity index (χ0n) is 15.3. The minimum absolute atomic E-state index is 0.155. The lowest BCUT2D eigenvalue weighted by Crippen LogP contribution is -2.31. The Kier molecular flexibility index (Phi) is 11.1. The second kappa shape index (κ2) is 13.2. The van der Waals surface area contributed by atoms with Gasteiger partial charge in [-0.1, -0.05) is 43.7 Å². The van der Waals surface area contributed by atoms with E-state index in [1.165, 1.54) is 6.92 Å². The molecular weight excluding hydrogens is 320 g/mol. The van der Waals surface area contributed by atoms with Crippen molar-refractivity contribution < 1.29 is 19.1 Å². The van der Waals surface area contributed by atoms with Gasteiger partial charge in [-0.05, 0) is 37.9 Å². The number of hydrogen-bond acceptors (Lipinski definition) is 5. The molecular formula is C19H30N2O4. The Bertz CT molecular complexity index is 493. The molecule has 1 rings (SSSR count). The fourth-order valence-electron chi connectivity index (χ4n) is 2.25. The number of amides is 1. The summed E-state index contributed by atoms with van der Waals surface area (Å²) in [6, 6.07) is 9.28. The molecule has 0 saturated heterocycles. The van der Waals surface area contributed by atoms with E-state index in [2.05, 4.69) is 17.6 Å². The van der Waals surface area contributed by atoms with E-state index in [1.54, 1.807) is 0 Å². The molecule has 1 atom stereocenters. The zero-order valence-corrected chi connectivity index (χ0v) is 15.3. The summed E-state index contributed by atoms with van der Waals surface area (Å²) in [4.78, 5) is 23.4. The third-order valence-corrected chi connectivity index (χ3v) is 3.49. The number of benzene rings is 1. The average molecular weight is 350 g/mol. The van der Waals surface area contributed by atoms with Crippen LogP contribution in [0.2, 0.25) is 0 Å². The van der Waals surface area contributed by atoms with Crippen LogP contribution in [-0.2, 0) is 20.7 Å². The topological polar surface area (TPSA) is 76.7 Å². The van der Waals surface area contributed by atoms with Crippen LogP contribution >= 0.6 is 0 Å². The molecule has 1 amide bonds. The number of hydrogen-bond donors (Lipinski definition) is 2. The smallest absolute Gasteiger partial charge is 0.410 e. The van der Waals surface area contributed by atoms with Gasteiger partial charge in [0.1, 0.15) is 0 Å². The summed E-state index contributed by atoms with van der Waals surface area (Å²) in [5.41, 5.74) is 0.859. The van der Waals surface area contributed by atoms with Gasteiger partial charge >= 0.3 is 12.1 Å². The van der Waals surface area contributed by atoms with Gasteiger partial charge in [-0.25, -0.2) is 4.79 Å². The highest BCUT2D eigenvalue weighted by Crippen LogP contribution is 2.03. The first-order valence-corrected chi connectivity index (χ1v) is 9.00. The highest BCUT2D eigenvalue weighted by molar-refractivity contribution is 5.73. The summed E-state index contributed by atoms with van der Waals surface area (Å²) in [6.45, 7) is 6.28. The van der Waals surface area contributed by atoms with Gasteiger partial charge in [-0.2, -0.15) is 0 Å². The van der Waals surface area contributed by atoms with E-state index in [0.717, 1.165) is 44.3 Å². The van der Waals surface area contributed by atoms with E-state index in [0.29, 0.717) is 6.54 Å². The number of alkyl carbamates (subject to hydrolysis) is 1. The lowest BCUT2D eigenvalue weighted by atomic mass is 10.2. The fraction of sp³-hybridized carbons (Fsp3) is 0.579. The molecule has 0 saturated carbocycles. The third-order valence-electron chi connectivity index (χ3n) is 3.49. The van der Waals surface area contributed by atoms with Crippen molar-refractivity contribution in [2.45, 2.75) is 52.2 Å². The predicted molar refractivity (Wildman–Crippen MR) is 97.2 cm³/mol. The van der Waals surface area contributed by atoms with E-state index in [4.69, 9.17) is 9.47 Å². The summed E-state index contributed by atoms with van der Waals surface area (Å²) < 4.78 is 10.1. The van der Waals surface area contributed by atoms with Crippen LogP contribution < -0.4 is 10.6 Å². The second-order valence-electron chi connectivity index (χ2n) is 5.86. The summed E-state index contributed by atoms with van der Waals surface area (Å²) in [6.07, 6.45) is 2.84. The summed E-state index contributed by atoms with van der Waals surface area (Å²) in [5, 5.41) is 6.00.